The minimum atomic E-state index is 0.0354. The van der Waals surface area contributed by atoms with E-state index < -0.39 is 0 Å². The van der Waals surface area contributed by atoms with Crippen LogP contribution < -0.4 is 9.47 Å². The van der Waals surface area contributed by atoms with E-state index in [0.717, 1.165) is 42.3 Å². The molecule has 1 aliphatic rings. The summed E-state index contributed by atoms with van der Waals surface area (Å²) in [7, 11) is 1.65. The third-order valence-corrected chi connectivity index (χ3v) is 5.84. The zero-order valence-electron chi connectivity index (χ0n) is 18.2. The minimum Gasteiger partial charge on any atom is -0.493 e. The van der Waals surface area contributed by atoms with Crippen LogP contribution in [0.4, 0.5) is 0 Å². The number of hydrogen-bond donors (Lipinski definition) is 0. The fraction of sp³-hybridized carbons (Fsp3) is 0.269. The van der Waals surface area contributed by atoms with Crippen LogP contribution in [0.5, 0.6) is 11.5 Å². The molecule has 3 aromatic rings. The first kappa shape index (κ1) is 22.2. The number of amides is 1. The summed E-state index contributed by atoms with van der Waals surface area (Å²) in [4.78, 5) is 17.0. The Morgan fingerprint density at radius 2 is 1.66 bits per heavy atom. The number of hydrogen-bond acceptors (Lipinski definition) is 4. The fourth-order valence-electron chi connectivity index (χ4n) is 3.84. The minimum absolute atomic E-state index is 0.0354. The molecule has 32 heavy (non-hydrogen) atoms. The number of halogens is 1. The lowest BCUT2D eigenvalue weighted by Crippen LogP contribution is -2.48. The van der Waals surface area contributed by atoms with Crippen molar-refractivity contribution >= 4 is 17.5 Å². The van der Waals surface area contributed by atoms with Crippen LogP contribution in [0.15, 0.2) is 72.8 Å². The van der Waals surface area contributed by atoms with Crippen molar-refractivity contribution in [2.24, 2.45) is 0 Å². The predicted octanol–water partition coefficient (Wildman–Crippen LogP) is 4.89. The monoisotopic (exact) mass is 450 g/mol. The Morgan fingerprint density at radius 3 is 2.38 bits per heavy atom. The van der Waals surface area contributed by atoms with Gasteiger partial charge in [-0.1, -0.05) is 54.1 Å². The van der Waals surface area contributed by atoms with Gasteiger partial charge in [-0.3, -0.25) is 9.69 Å². The molecule has 0 aromatic heterocycles. The lowest BCUT2D eigenvalue weighted by Gasteiger charge is -2.35. The largest absolute Gasteiger partial charge is 0.493 e. The van der Waals surface area contributed by atoms with Crippen LogP contribution in [0, 0.1) is 0 Å². The molecule has 1 saturated heterocycles. The third kappa shape index (κ3) is 5.61. The number of piperazine rings is 1. The second kappa shape index (κ2) is 10.5. The second-order valence-corrected chi connectivity index (χ2v) is 8.27. The summed E-state index contributed by atoms with van der Waals surface area (Å²) in [5.41, 5.74) is 2.91. The van der Waals surface area contributed by atoms with Crippen molar-refractivity contribution in [1.82, 2.24) is 9.80 Å². The Balaban J connectivity index is 1.35. The molecule has 1 amide bonds. The van der Waals surface area contributed by atoms with Crippen LogP contribution in [0.3, 0.4) is 0 Å². The highest BCUT2D eigenvalue weighted by molar-refractivity contribution is 6.30. The van der Waals surface area contributed by atoms with Gasteiger partial charge in [0.05, 0.1) is 7.11 Å². The maximum atomic E-state index is 12.7. The van der Waals surface area contributed by atoms with Gasteiger partial charge in [-0.15, -0.1) is 0 Å². The number of rotatable bonds is 7. The van der Waals surface area contributed by atoms with E-state index in [2.05, 4.69) is 11.0 Å². The zero-order valence-corrected chi connectivity index (χ0v) is 18.9. The van der Waals surface area contributed by atoms with E-state index in [-0.39, 0.29) is 5.91 Å². The van der Waals surface area contributed by atoms with E-state index in [9.17, 15) is 4.79 Å². The fourth-order valence-corrected chi connectivity index (χ4v) is 4.03. The molecule has 0 radical (unpaired) electrons. The molecular weight excluding hydrogens is 424 g/mol. The normalized spacial score (nSPS) is 14.2. The third-order valence-electron chi connectivity index (χ3n) is 5.60. The molecule has 0 atom stereocenters. The molecule has 0 bridgehead atoms. The van der Waals surface area contributed by atoms with Crippen molar-refractivity contribution < 1.29 is 14.3 Å². The van der Waals surface area contributed by atoms with Gasteiger partial charge in [-0.2, -0.15) is 0 Å². The first-order valence-corrected chi connectivity index (χ1v) is 11.1. The van der Waals surface area contributed by atoms with Crippen LogP contribution in [0.1, 0.15) is 21.5 Å². The van der Waals surface area contributed by atoms with Gasteiger partial charge in [0.2, 0.25) is 0 Å². The van der Waals surface area contributed by atoms with Gasteiger partial charge in [0.1, 0.15) is 6.61 Å². The van der Waals surface area contributed by atoms with Crippen LogP contribution >= 0.6 is 11.6 Å². The van der Waals surface area contributed by atoms with Crippen molar-refractivity contribution in [3.63, 3.8) is 0 Å². The molecule has 5 nitrogen and oxygen atoms in total. The van der Waals surface area contributed by atoms with Crippen molar-refractivity contribution in [2.45, 2.75) is 13.2 Å². The average molecular weight is 451 g/mol. The van der Waals surface area contributed by atoms with Crippen molar-refractivity contribution in [3.8, 4) is 11.5 Å². The van der Waals surface area contributed by atoms with Gasteiger partial charge in [0, 0.05) is 43.3 Å². The molecule has 0 unspecified atom stereocenters. The number of carbonyl (C=O) groups excluding carboxylic acids is 1. The summed E-state index contributed by atoms with van der Waals surface area (Å²) in [5.74, 6) is 1.50. The number of carbonyl (C=O) groups is 1. The molecule has 166 valence electrons. The SMILES string of the molecule is COc1ccc(CN2CCN(C(=O)c3cccc(Cl)c3)CC2)cc1OCc1ccccc1. The van der Waals surface area contributed by atoms with Gasteiger partial charge >= 0.3 is 0 Å². The summed E-state index contributed by atoms with van der Waals surface area (Å²) in [6.07, 6.45) is 0. The Labute approximate surface area is 194 Å². The summed E-state index contributed by atoms with van der Waals surface area (Å²) in [6, 6.07) is 23.3. The van der Waals surface area contributed by atoms with Crippen LogP contribution in [0.25, 0.3) is 0 Å². The smallest absolute Gasteiger partial charge is 0.253 e. The molecule has 4 rings (SSSR count). The summed E-state index contributed by atoms with van der Waals surface area (Å²) < 4.78 is 11.5. The summed E-state index contributed by atoms with van der Waals surface area (Å²) in [6.45, 7) is 4.31. The standard InChI is InChI=1S/C26H27ClN2O3/c1-31-24-11-10-21(16-25(24)32-19-20-6-3-2-4-7-20)18-28-12-14-29(15-13-28)26(30)22-8-5-9-23(27)17-22/h2-11,16-17H,12-15,18-19H2,1H3. The van der Waals surface area contributed by atoms with E-state index in [1.807, 2.05) is 59.5 Å². The maximum Gasteiger partial charge on any atom is 0.253 e. The van der Waals surface area contributed by atoms with Gasteiger partial charge < -0.3 is 14.4 Å². The van der Waals surface area contributed by atoms with E-state index in [0.29, 0.717) is 30.3 Å². The van der Waals surface area contributed by atoms with Gasteiger partial charge in [0.25, 0.3) is 5.91 Å². The molecule has 0 saturated carbocycles. The molecule has 0 aliphatic carbocycles. The number of ether oxygens (including phenoxy) is 2. The topological polar surface area (TPSA) is 42.0 Å². The predicted molar refractivity (Wildman–Crippen MR) is 126 cm³/mol. The Hall–Kier alpha value is -3.02. The summed E-state index contributed by atoms with van der Waals surface area (Å²) in [5, 5.41) is 0.583. The van der Waals surface area contributed by atoms with E-state index in [1.54, 1.807) is 19.2 Å². The second-order valence-electron chi connectivity index (χ2n) is 7.84. The first-order valence-electron chi connectivity index (χ1n) is 10.7. The van der Waals surface area contributed by atoms with Gasteiger partial charge in [-0.05, 0) is 41.5 Å². The Kier molecular flexibility index (Phi) is 7.30. The highest BCUT2D eigenvalue weighted by atomic mass is 35.5. The molecule has 0 spiro atoms. The number of methoxy groups -OCH3 is 1. The van der Waals surface area contributed by atoms with Crippen LogP contribution in [-0.2, 0) is 13.2 Å². The quantitative estimate of drug-likeness (QED) is 0.514. The van der Waals surface area contributed by atoms with Crippen LogP contribution in [-0.4, -0.2) is 49.0 Å². The molecular formula is C26H27ClN2O3. The highest BCUT2D eigenvalue weighted by Gasteiger charge is 2.22. The van der Waals surface area contributed by atoms with E-state index in [1.165, 1.54) is 0 Å². The first-order chi connectivity index (χ1) is 15.6. The molecule has 6 heteroatoms. The molecule has 1 heterocycles. The molecule has 1 aliphatic heterocycles. The maximum absolute atomic E-state index is 12.7. The van der Waals surface area contributed by atoms with Crippen LogP contribution in [0.2, 0.25) is 5.02 Å². The van der Waals surface area contributed by atoms with Crippen molar-refractivity contribution in [1.29, 1.82) is 0 Å². The van der Waals surface area contributed by atoms with E-state index in [4.69, 9.17) is 21.1 Å². The van der Waals surface area contributed by atoms with Gasteiger partial charge in [0.15, 0.2) is 11.5 Å². The Bertz CT molecular complexity index is 1050. The lowest BCUT2D eigenvalue weighted by molar-refractivity contribution is 0.0628. The molecule has 3 aromatic carbocycles. The van der Waals surface area contributed by atoms with Gasteiger partial charge in [-0.25, -0.2) is 0 Å². The van der Waals surface area contributed by atoms with Crippen molar-refractivity contribution in [3.05, 3.63) is 94.5 Å². The summed E-state index contributed by atoms with van der Waals surface area (Å²) >= 11 is 6.03. The zero-order chi connectivity index (χ0) is 22.3. The highest BCUT2D eigenvalue weighted by Crippen LogP contribution is 2.29. The number of nitrogens with zero attached hydrogens (tertiary/aromatic N) is 2. The molecule has 1 fully saturated rings. The lowest BCUT2D eigenvalue weighted by atomic mass is 10.1. The van der Waals surface area contributed by atoms with Crippen molar-refractivity contribution in [2.75, 3.05) is 33.3 Å². The number of benzene rings is 3. The van der Waals surface area contributed by atoms with E-state index >= 15 is 0 Å². The Morgan fingerprint density at radius 1 is 0.875 bits per heavy atom. The molecule has 0 N–H and O–H groups in total. The average Bonchev–Trinajstić information content (AvgIpc) is 2.83.